The second kappa shape index (κ2) is 5.17. The quantitative estimate of drug-likeness (QED) is 0.875. The molecule has 1 atom stereocenters. The van der Waals surface area contributed by atoms with Gasteiger partial charge in [-0.05, 0) is 29.3 Å². The largest absolute Gasteiger partial charge is 0.384 e. The van der Waals surface area contributed by atoms with Gasteiger partial charge in [0.05, 0.1) is 5.02 Å². The van der Waals surface area contributed by atoms with Crippen LogP contribution in [0.15, 0.2) is 46.9 Å². The summed E-state index contributed by atoms with van der Waals surface area (Å²) in [6.45, 7) is 0. The Balaban J connectivity index is 2.40. The highest BCUT2D eigenvalue weighted by atomic mass is 79.9. The molecule has 2 rings (SSSR count). The maximum absolute atomic E-state index is 13.0. The van der Waals surface area contributed by atoms with E-state index in [1.54, 1.807) is 6.07 Å². The number of halogens is 3. The third-order valence-electron chi connectivity index (χ3n) is 2.46. The molecule has 2 aromatic rings. The van der Waals surface area contributed by atoms with Gasteiger partial charge in [-0.25, -0.2) is 4.39 Å². The van der Waals surface area contributed by atoms with Crippen LogP contribution in [0.3, 0.4) is 0 Å². The zero-order chi connectivity index (χ0) is 12.4. The van der Waals surface area contributed by atoms with Crippen LogP contribution >= 0.6 is 27.5 Å². The SMILES string of the molecule is O[C@@H](c1ccc(F)c(Cl)c1)c1ccccc1Br. The smallest absolute Gasteiger partial charge is 0.141 e. The van der Waals surface area contributed by atoms with Crippen LogP contribution in [-0.4, -0.2) is 5.11 Å². The maximum atomic E-state index is 13.0. The van der Waals surface area contributed by atoms with E-state index in [1.807, 2.05) is 18.2 Å². The summed E-state index contributed by atoms with van der Waals surface area (Å²) in [7, 11) is 0. The first-order valence-electron chi connectivity index (χ1n) is 4.97. The summed E-state index contributed by atoms with van der Waals surface area (Å²) in [5.74, 6) is -0.491. The number of hydrogen-bond donors (Lipinski definition) is 1. The highest BCUT2D eigenvalue weighted by Crippen LogP contribution is 2.30. The average molecular weight is 316 g/mol. The predicted octanol–water partition coefficient (Wildman–Crippen LogP) is 4.32. The van der Waals surface area contributed by atoms with E-state index in [9.17, 15) is 9.50 Å². The fraction of sp³-hybridized carbons (Fsp3) is 0.0769. The topological polar surface area (TPSA) is 20.2 Å². The highest BCUT2D eigenvalue weighted by Gasteiger charge is 2.14. The van der Waals surface area contributed by atoms with Crippen molar-refractivity contribution in [1.29, 1.82) is 0 Å². The van der Waals surface area contributed by atoms with E-state index in [0.29, 0.717) is 5.56 Å². The van der Waals surface area contributed by atoms with E-state index < -0.39 is 11.9 Å². The first-order valence-corrected chi connectivity index (χ1v) is 6.14. The molecule has 0 aliphatic carbocycles. The summed E-state index contributed by atoms with van der Waals surface area (Å²) in [5.41, 5.74) is 1.28. The fourth-order valence-corrected chi connectivity index (χ4v) is 2.25. The van der Waals surface area contributed by atoms with Crippen molar-refractivity contribution in [2.75, 3.05) is 0 Å². The summed E-state index contributed by atoms with van der Waals surface area (Å²) >= 11 is 9.05. The molecule has 2 aromatic carbocycles. The van der Waals surface area contributed by atoms with Crippen LogP contribution in [0, 0.1) is 5.82 Å². The van der Waals surface area contributed by atoms with E-state index in [2.05, 4.69) is 15.9 Å². The molecule has 1 nitrogen and oxygen atoms in total. The lowest BCUT2D eigenvalue weighted by Gasteiger charge is -2.13. The van der Waals surface area contributed by atoms with Crippen LogP contribution in [0.2, 0.25) is 5.02 Å². The molecule has 0 heterocycles. The van der Waals surface area contributed by atoms with Gasteiger partial charge in [-0.2, -0.15) is 0 Å². The molecule has 0 radical (unpaired) electrons. The third kappa shape index (κ3) is 2.68. The van der Waals surface area contributed by atoms with Crippen LogP contribution in [-0.2, 0) is 0 Å². The molecule has 1 N–H and O–H groups in total. The first-order chi connectivity index (χ1) is 8.09. The van der Waals surface area contributed by atoms with Crippen molar-refractivity contribution < 1.29 is 9.50 Å². The lowest BCUT2D eigenvalue weighted by atomic mass is 10.0. The van der Waals surface area contributed by atoms with Crippen molar-refractivity contribution in [3.63, 3.8) is 0 Å². The molecule has 4 heteroatoms. The normalized spacial score (nSPS) is 12.5. The Labute approximate surface area is 112 Å². The summed E-state index contributed by atoms with van der Waals surface area (Å²) in [4.78, 5) is 0. The van der Waals surface area contributed by atoms with Crippen molar-refractivity contribution in [2.45, 2.75) is 6.10 Å². The van der Waals surface area contributed by atoms with Crippen molar-refractivity contribution >= 4 is 27.5 Å². The van der Waals surface area contributed by atoms with Gasteiger partial charge in [0.2, 0.25) is 0 Å². The monoisotopic (exact) mass is 314 g/mol. The minimum Gasteiger partial charge on any atom is -0.384 e. The first kappa shape index (κ1) is 12.6. The van der Waals surface area contributed by atoms with Gasteiger partial charge < -0.3 is 5.11 Å². The van der Waals surface area contributed by atoms with E-state index in [1.165, 1.54) is 18.2 Å². The van der Waals surface area contributed by atoms with Gasteiger partial charge in [0.25, 0.3) is 0 Å². The van der Waals surface area contributed by atoms with Crippen molar-refractivity contribution in [2.24, 2.45) is 0 Å². The standard InChI is InChI=1S/C13H9BrClFO/c14-10-4-2-1-3-9(10)13(17)8-5-6-12(16)11(15)7-8/h1-7,13,17H/t13-/m0/s1. The van der Waals surface area contributed by atoms with Crippen LogP contribution < -0.4 is 0 Å². The second-order valence-electron chi connectivity index (χ2n) is 3.60. The summed E-state index contributed by atoms with van der Waals surface area (Å²) in [5, 5.41) is 10.2. The Morgan fingerprint density at radius 3 is 2.53 bits per heavy atom. The molecule has 0 saturated carbocycles. The summed E-state index contributed by atoms with van der Waals surface area (Å²) < 4.78 is 13.8. The van der Waals surface area contributed by atoms with E-state index in [-0.39, 0.29) is 5.02 Å². The lowest BCUT2D eigenvalue weighted by Crippen LogP contribution is -2.00. The van der Waals surface area contributed by atoms with Gasteiger partial charge >= 0.3 is 0 Å². The molecule has 0 saturated heterocycles. The Morgan fingerprint density at radius 1 is 1.18 bits per heavy atom. The highest BCUT2D eigenvalue weighted by molar-refractivity contribution is 9.10. The Hall–Kier alpha value is -0.900. The number of aliphatic hydroxyl groups is 1. The molecule has 0 aliphatic heterocycles. The minimum atomic E-state index is -0.830. The van der Waals surface area contributed by atoms with E-state index in [0.717, 1.165) is 10.0 Å². The molecule has 0 unspecified atom stereocenters. The molecule has 17 heavy (non-hydrogen) atoms. The fourth-order valence-electron chi connectivity index (χ4n) is 1.56. The van der Waals surface area contributed by atoms with Gasteiger partial charge in [0, 0.05) is 4.47 Å². The minimum absolute atomic E-state index is 0.00797. The Morgan fingerprint density at radius 2 is 1.88 bits per heavy atom. The average Bonchev–Trinajstić information content (AvgIpc) is 2.32. The molecule has 0 spiro atoms. The number of aliphatic hydroxyl groups excluding tert-OH is 1. The van der Waals surface area contributed by atoms with Crippen LogP contribution in [0.1, 0.15) is 17.2 Å². The predicted molar refractivity (Wildman–Crippen MR) is 69.6 cm³/mol. The second-order valence-corrected chi connectivity index (χ2v) is 4.86. The summed E-state index contributed by atoms with van der Waals surface area (Å²) in [6.07, 6.45) is -0.830. The van der Waals surface area contributed by atoms with Gasteiger partial charge in [0.15, 0.2) is 0 Å². The summed E-state index contributed by atoms with van der Waals surface area (Å²) in [6, 6.07) is 11.5. The Kier molecular flexibility index (Phi) is 3.82. The Bertz CT molecular complexity index is 545. The number of rotatable bonds is 2. The van der Waals surface area contributed by atoms with Crippen molar-refractivity contribution in [3.05, 3.63) is 68.9 Å². The third-order valence-corrected chi connectivity index (χ3v) is 3.47. The van der Waals surface area contributed by atoms with Gasteiger partial charge in [-0.3, -0.25) is 0 Å². The lowest BCUT2D eigenvalue weighted by molar-refractivity contribution is 0.219. The van der Waals surface area contributed by atoms with Gasteiger partial charge in [-0.15, -0.1) is 0 Å². The molecule has 0 fully saturated rings. The van der Waals surface area contributed by atoms with Crippen molar-refractivity contribution in [3.8, 4) is 0 Å². The van der Waals surface area contributed by atoms with E-state index in [4.69, 9.17) is 11.6 Å². The van der Waals surface area contributed by atoms with Gasteiger partial charge in [-0.1, -0.05) is 51.8 Å². The molecule has 0 aromatic heterocycles. The van der Waals surface area contributed by atoms with E-state index >= 15 is 0 Å². The maximum Gasteiger partial charge on any atom is 0.141 e. The number of benzene rings is 2. The zero-order valence-electron chi connectivity index (χ0n) is 8.70. The molecular weight excluding hydrogens is 306 g/mol. The molecule has 0 bridgehead atoms. The van der Waals surface area contributed by atoms with Crippen LogP contribution in [0.5, 0.6) is 0 Å². The van der Waals surface area contributed by atoms with Crippen LogP contribution in [0.4, 0.5) is 4.39 Å². The number of hydrogen-bond acceptors (Lipinski definition) is 1. The molecule has 88 valence electrons. The van der Waals surface area contributed by atoms with Crippen molar-refractivity contribution in [1.82, 2.24) is 0 Å². The zero-order valence-corrected chi connectivity index (χ0v) is 11.0. The molecule has 0 aliphatic rings. The molecule has 0 amide bonds. The molecular formula is C13H9BrClFO. The van der Waals surface area contributed by atoms with Gasteiger partial charge in [0.1, 0.15) is 11.9 Å². The van der Waals surface area contributed by atoms with Crippen LogP contribution in [0.25, 0.3) is 0 Å².